The lowest BCUT2D eigenvalue weighted by Gasteiger charge is -2.33. The zero-order valence-corrected chi connectivity index (χ0v) is 11.9. The number of piperidine rings is 1. The topological polar surface area (TPSA) is 78.6 Å². The molecule has 1 fully saturated rings. The Labute approximate surface area is 119 Å². The Hall–Kier alpha value is -1.43. The summed E-state index contributed by atoms with van der Waals surface area (Å²) in [7, 11) is 0. The highest BCUT2D eigenvalue weighted by Crippen LogP contribution is 2.15. The minimum absolute atomic E-state index is 0.0121. The summed E-state index contributed by atoms with van der Waals surface area (Å²) in [5.74, 6) is -0.0121. The molecule has 1 aliphatic heterocycles. The second-order valence-corrected chi connectivity index (χ2v) is 5.33. The molecule has 0 spiro atoms. The van der Waals surface area contributed by atoms with Crippen molar-refractivity contribution in [2.24, 2.45) is 5.73 Å². The van der Waals surface area contributed by atoms with E-state index in [1.165, 1.54) is 0 Å². The van der Waals surface area contributed by atoms with Crippen molar-refractivity contribution in [3.8, 4) is 0 Å². The number of nitrogens with one attached hydrogen (secondary N) is 1. The zero-order valence-electron chi connectivity index (χ0n) is 11.9. The first kappa shape index (κ1) is 15.0. The molecule has 1 unspecified atom stereocenters. The average Bonchev–Trinajstić information content (AvgIpc) is 2.48. The van der Waals surface area contributed by atoms with Crippen molar-refractivity contribution in [2.45, 2.75) is 38.5 Å². The molecule has 1 aromatic carbocycles. The van der Waals surface area contributed by atoms with Crippen LogP contribution in [0.4, 0.5) is 5.69 Å². The van der Waals surface area contributed by atoms with Gasteiger partial charge in [-0.15, -0.1) is 0 Å². The lowest BCUT2D eigenvalue weighted by molar-refractivity contribution is -0.121. The highest BCUT2D eigenvalue weighted by atomic mass is 16.3. The van der Waals surface area contributed by atoms with Crippen LogP contribution >= 0.6 is 0 Å². The van der Waals surface area contributed by atoms with Crippen LogP contribution in [0.3, 0.4) is 0 Å². The molecule has 2 rings (SSSR count). The molecule has 20 heavy (non-hydrogen) atoms. The number of likely N-dealkylation sites (tertiary alicyclic amines) is 1. The number of nitrogens with two attached hydrogens (primary N) is 1. The normalized spacial score (nSPS) is 18.8. The van der Waals surface area contributed by atoms with Crippen LogP contribution in [0.15, 0.2) is 24.3 Å². The number of carbonyl (C=O) groups excluding carboxylic acids is 1. The van der Waals surface area contributed by atoms with Gasteiger partial charge in [0.15, 0.2) is 0 Å². The SMILES string of the molecule is CC(C(=O)Nc1ccc(CN)cc1)N1CCC(O)CC1. The van der Waals surface area contributed by atoms with Gasteiger partial charge in [-0.2, -0.15) is 0 Å². The van der Waals surface area contributed by atoms with Gasteiger partial charge in [0.25, 0.3) is 0 Å². The fraction of sp³-hybridized carbons (Fsp3) is 0.533. The first-order valence-corrected chi connectivity index (χ1v) is 7.12. The molecule has 110 valence electrons. The number of nitrogens with zero attached hydrogens (tertiary/aromatic N) is 1. The van der Waals surface area contributed by atoms with Crippen LogP contribution in [0, 0.1) is 0 Å². The fourth-order valence-electron chi connectivity index (χ4n) is 2.41. The third kappa shape index (κ3) is 3.79. The molecule has 0 aromatic heterocycles. The van der Waals surface area contributed by atoms with Gasteiger partial charge in [0.1, 0.15) is 0 Å². The number of carbonyl (C=O) groups is 1. The quantitative estimate of drug-likeness (QED) is 0.765. The summed E-state index contributed by atoms with van der Waals surface area (Å²) in [6.07, 6.45) is 1.26. The number of aliphatic hydroxyl groups is 1. The summed E-state index contributed by atoms with van der Waals surface area (Å²) in [4.78, 5) is 14.3. The van der Waals surface area contributed by atoms with Crippen LogP contribution in [-0.2, 0) is 11.3 Å². The van der Waals surface area contributed by atoms with Crippen LogP contribution in [0.5, 0.6) is 0 Å². The molecular formula is C15H23N3O2. The number of aliphatic hydroxyl groups excluding tert-OH is 1. The third-order valence-electron chi connectivity index (χ3n) is 3.88. The van der Waals surface area contributed by atoms with Crippen molar-refractivity contribution in [3.05, 3.63) is 29.8 Å². The zero-order chi connectivity index (χ0) is 14.5. The van der Waals surface area contributed by atoms with Crippen molar-refractivity contribution in [1.82, 2.24) is 4.90 Å². The molecule has 0 saturated carbocycles. The van der Waals surface area contributed by atoms with Crippen molar-refractivity contribution in [3.63, 3.8) is 0 Å². The van der Waals surface area contributed by atoms with Gasteiger partial charge in [-0.3, -0.25) is 9.69 Å². The number of anilines is 1. The standard InChI is InChI=1S/C15H23N3O2/c1-11(18-8-6-14(19)7-9-18)15(20)17-13-4-2-12(10-16)3-5-13/h2-5,11,14,19H,6-10,16H2,1H3,(H,17,20). The first-order valence-electron chi connectivity index (χ1n) is 7.12. The average molecular weight is 277 g/mol. The molecule has 4 N–H and O–H groups in total. The summed E-state index contributed by atoms with van der Waals surface area (Å²) in [6, 6.07) is 7.38. The molecule has 1 amide bonds. The minimum atomic E-state index is -0.217. The van der Waals surface area contributed by atoms with E-state index in [2.05, 4.69) is 10.2 Å². The van der Waals surface area contributed by atoms with E-state index in [0.717, 1.165) is 37.2 Å². The van der Waals surface area contributed by atoms with Crippen LogP contribution < -0.4 is 11.1 Å². The predicted molar refractivity (Wildman–Crippen MR) is 79.2 cm³/mol. The lowest BCUT2D eigenvalue weighted by Crippen LogP contribution is -2.47. The van der Waals surface area contributed by atoms with E-state index in [0.29, 0.717) is 6.54 Å². The van der Waals surface area contributed by atoms with Crippen molar-refractivity contribution >= 4 is 11.6 Å². The molecule has 0 radical (unpaired) electrons. The predicted octanol–water partition coefficient (Wildman–Crippen LogP) is 0.929. The number of rotatable bonds is 4. The van der Waals surface area contributed by atoms with E-state index in [1.807, 2.05) is 31.2 Å². The number of hydrogen-bond acceptors (Lipinski definition) is 4. The van der Waals surface area contributed by atoms with Gasteiger partial charge >= 0.3 is 0 Å². The first-order chi connectivity index (χ1) is 9.60. The summed E-state index contributed by atoms with van der Waals surface area (Å²) in [6.45, 7) is 3.94. The Bertz CT molecular complexity index is 439. The monoisotopic (exact) mass is 277 g/mol. The van der Waals surface area contributed by atoms with Crippen molar-refractivity contribution < 1.29 is 9.90 Å². The summed E-state index contributed by atoms with van der Waals surface area (Å²) in [5, 5.41) is 12.4. The number of amides is 1. The van der Waals surface area contributed by atoms with Crippen molar-refractivity contribution in [2.75, 3.05) is 18.4 Å². The van der Waals surface area contributed by atoms with Crippen LogP contribution in [0.2, 0.25) is 0 Å². The molecule has 1 saturated heterocycles. The van der Waals surface area contributed by atoms with E-state index in [-0.39, 0.29) is 18.1 Å². The Kier molecular flexibility index (Phi) is 5.11. The maximum atomic E-state index is 12.2. The Balaban J connectivity index is 1.89. The molecule has 1 atom stereocenters. The van der Waals surface area contributed by atoms with Gasteiger partial charge in [0, 0.05) is 25.3 Å². The van der Waals surface area contributed by atoms with Crippen LogP contribution in [0.25, 0.3) is 0 Å². The molecule has 5 nitrogen and oxygen atoms in total. The van der Waals surface area contributed by atoms with E-state index in [1.54, 1.807) is 0 Å². The van der Waals surface area contributed by atoms with E-state index >= 15 is 0 Å². The summed E-state index contributed by atoms with van der Waals surface area (Å²) in [5.41, 5.74) is 7.37. The second kappa shape index (κ2) is 6.83. The fourth-order valence-corrected chi connectivity index (χ4v) is 2.41. The highest BCUT2D eigenvalue weighted by Gasteiger charge is 2.25. The molecule has 1 aliphatic rings. The number of hydrogen-bond donors (Lipinski definition) is 3. The minimum Gasteiger partial charge on any atom is -0.393 e. The van der Waals surface area contributed by atoms with Gasteiger partial charge < -0.3 is 16.2 Å². The summed E-state index contributed by atoms with van der Waals surface area (Å²) < 4.78 is 0. The smallest absolute Gasteiger partial charge is 0.241 e. The van der Waals surface area contributed by atoms with Gasteiger partial charge in [0.2, 0.25) is 5.91 Å². The van der Waals surface area contributed by atoms with E-state index in [9.17, 15) is 9.90 Å². The number of benzene rings is 1. The summed E-state index contributed by atoms with van der Waals surface area (Å²) >= 11 is 0. The Morgan fingerprint density at radius 2 is 2.00 bits per heavy atom. The van der Waals surface area contributed by atoms with E-state index in [4.69, 9.17) is 5.73 Å². The molecule has 0 bridgehead atoms. The van der Waals surface area contributed by atoms with Gasteiger partial charge in [0.05, 0.1) is 12.1 Å². The lowest BCUT2D eigenvalue weighted by atomic mass is 10.1. The highest BCUT2D eigenvalue weighted by molar-refractivity contribution is 5.94. The molecule has 1 aromatic rings. The Morgan fingerprint density at radius 1 is 1.40 bits per heavy atom. The maximum Gasteiger partial charge on any atom is 0.241 e. The van der Waals surface area contributed by atoms with Gasteiger partial charge in [-0.1, -0.05) is 12.1 Å². The van der Waals surface area contributed by atoms with Crippen LogP contribution in [-0.4, -0.2) is 41.1 Å². The van der Waals surface area contributed by atoms with Crippen molar-refractivity contribution in [1.29, 1.82) is 0 Å². The Morgan fingerprint density at radius 3 is 2.55 bits per heavy atom. The van der Waals surface area contributed by atoms with Crippen LogP contribution in [0.1, 0.15) is 25.3 Å². The maximum absolute atomic E-state index is 12.2. The third-order valence-corrected chi connectivity index (χ3v) is 3.88. The molecule has 0 aliphatic carbocycles. The van der Waals surface area contributed by atoms with Gasteiger partial charge in [-0.05, 0) is 37.5 Å². The van der Waals surface area contributed by atoms with Gasteiger partial charge in [-0.25, -0.2) is 0 Å². The van der Waals surface area contributed by atoms with E-state index < -0.39 is 0 Å². The second-order valence-electron chi connectivity index (χ2n) is 5.33. The largest absolute Gasteiger partial charge is 0.393 e. The molecule has 1 heterocycles. The molecular weight excluding hydrogens is 254 g/mol. The molecule has 5 heteroatoms.